The first-order valence-corrected chi connectivity index (χ1v) is 29.5. The Morgan fingerprint density at radius 1 is 0.306 bits per heavy atom. The molecule has 6 nitrogen and oxygen atoms in total. The van der Waals surface area contributed by atoms with E-state index in [1.807, 2.05) is 6.08 Å². The monoisotopic (exact) mass is 997 g/mol. The average Bonchev–Trinajstić information content (AvgIpc) is 3.38. The SMILES string of the molecule is CC/C=C\C/C=C\C/C=C\C/C=C\C/C=C\CC(=O)OCC(COC(=O)CCCCCCCCCC/C=C\C/C=C\C/C=C\C/C=C\CC)OC(=O)CCCCCCCCC/C=C\CCCCCCCCC. The van der Waals surface area contributed by atoms with Gasteiger partial charge in [-0.3, -0.25) is 14.4 Å². The van der Waals surface area contributed by atoms with Crippen molar-refractivity contribution in [3.8, 4) is 0 Å². The number of ether oxygens (including phenoxy) is 3. The first-order valence-electron chi connectivity index (χ1n) is 29.5. The van der Waals surface area contributed by atoms with E-state index in [1.165, 1.54) is 116 Å². The summed E-state index contributed by atoms with van der Waals surface area (Å²) < 4.78 is 16.8. The normalized spacial score (nSPS) is 13.0. The van der Waals surface area contributed by atoms with Crippen LogP contribution in [-0.4, -0.2) is 37.2 Å². The number of rotatable bonds is 52. The van der Waals surface area contributed by atoms with Crippen molar-refractivity contribution in [1.29, 1.82) is 0 Å². The minimum Gasteiger partial charge on any atom is -0.462 e. The molecule has 0 heterocycles. The smallest absolute Gasteiger partial charge is 0.309 e. The fourth-order valence-corrected chi connectivity index (χ4v) is 7.85. The fraction of sp³-hybridized carbons (Fsp3) is 0.652. The molecule has 408 valence electrons. The van der Waals surface area contributed by atoms with Crippen molar-refractivity contribution in [2.24, 2.45) is 0 Å². The topological polar surface area (TPSA) is 78.9 Å². The Bertz CT molecular complexity index is 1520. The van der Waals surface area contributed by atoms with Gasteiger partial charge in [-0.25, -0.2) is 0 Å². The molecule has 0 saturated heterocycles. The van der Waals surface area contributed by atoms with Crippen LogP contribution in [0.3, 0.4) is 0 Å². The van der Waals surface area contributed by atoms with Crippen LogP contribution in [0.15, 0.2) is 122 Å². The van der Waals surface area contributed by atoms with Gasteiger partial charge in [-0.1, -0.05) is 251 Å². The maximum Gasteiger partial charge on any atom is 0.309 e. The molecule has 0 aliphatic carbocycles. The first kappa shape index (κ1) is 67.8. The lowest BCUT2D eigenvalue weighted by atomic mass is 10.1. The highest BCUT2D eigenvalue weighted by Gasteiger charge is 2.19. The maximum atomic E-state index is 12.9. The highest BCUT2D eigenvalue weighted by molar-refractivity contribution is 5.72. The maximum absolute atomic E-state index is 12.9. The second-order valence-corrected chi connectivity index (χ2v) is 19.2. The summed E-state index contributed by atoms with van der Waals surface area (Å²) in [5.74, 6) is -1.06. The molecule has 0 aliphatic heterocycles. The number of carbonyl (C=O) groups excluding carboxylic acids is 3. The van der Waals surface area contributed by atoms with Gasteiger partial charge in [-0.05, 0) is 109 Å². The molecule has 0 aliphatic rings. The van der Waals surface area contributed by atoms with Crippen LogP contribution in [0.25, 0.3) is 0 Å². The summed E-state index contributed by atoms with van der Waals surface area (Å²) in [6, 6.07) is 0. The first-order chi connectivity index (χ1) is 35.5. The van der Waals surface area contributed by atoms with Gasteiger partial charge >= 0.3 is 17.9 Å². The molecular formula is C66H108O6. The molecule has 0 radical (unpaired) electrons. The molecule has 0 saturated carbocycles. The predicted molar refractivity (Wildman–Crippen MR) is 311 cm³/mol. The third-order valence-corrected chi connectivity index (χ3v) is 12.2. The summed E-state index contributed by atoms with van der Waals surface area (Å²) in [6.45, 7) is 6.32. The van der Waals surface area contributed by atoms with Crippen molar-refractivity contribution >= 4 is 17.9 Å². The molecule has 0 aromatic rings. The van der Waals surface area contributed by atoms with Crippen molar-refractivity contribution in [1.82, 2.24) is 0 Å². The van der Waals surface area contributed by atoms with Crippen molar-refractivity contribution in [2.75, 3.05) is 13.2 Å². The van der Waals surface area contributed by atoms with Gasteiger partial charge < -0.3 is 14.2 Å². The fourth-order valence-electron chi connectivity index (χ4n) is 7.85. The minimum atomic E-state index is -0.828. The number of esters is 3. The summed E-state index contributed by atoms with van der Waals surface area (Å²) in [6.07, 6.45) is 82.2. The van der Waals surface area contributed by atoms with Crippen molar-refractivity contribution in [3.05, 3.63) is 122 Å². The summed E-state index contributed by atoms with van der Waals surface area (Å²) in [5, 5.41) is 0. The van der Waals surface area contributed by atoms with Gasteiger partial charge in [0.25, 0.3) is 0 Å². The van der Waals surface area contributed by atoms with Gasteiger partial charge in [-0.2, -0.15) is 0 Å². The predicted octanol–water partition coefficient (Wildman–Crippen LogP) is 20.0. The number of carbonyl (C=O) groups is 3. The Labute approximate surface area is 443 Å². The molecular weight excluding hydrogens is 889 g/mol. The van der Waals surface area contributed by atoms with E-state index in [1.54, 1.807) is 6.08 Å². The van der Waals surface area contributed by atoms with Crippen molar-refractivity contribution in [3.63, 3.8) is 0 Å². The van der Waals surface area contributed by atoms with Gasteiger partial charge in [0.2, 0.25) is 0 Å². The Balaban J connectivity index is 4.49. The molecule has 0 N–H and O–H groups in total. The van der Waals surface area contributed by atoms with E-state index in [9.17, 15) is 14.4 Å². The second kappa shape index (κ2) is 59.4. The van der Waals surface area contributed by atoms with Crippen LogP contribution in [0.1, 0.15) is 258 Å². The van der Waals surface area contributed by atoms with E-state index in [0.717, 1.165) is 103 Å². The van der Waals surface area contributed by atoms with E-state index in [4.69, 9.17) is 14.2 Å². The Kier molecular flexibility index (Phi) is 55.9. The highest BCUT2D eigenvalue weighted by atomic mass is 16.6. The zero-order valence-electron chi connectivity index (χ0n) is 46.7. The van der Waals surface area contributed by atoms with E-state index in [-0.39, 0.29) is 31.6 Å². The molecule has 0 spiro atoms. The van der Waals surface area contributed by atoms with E-state index >= 15 is 0 Å². The lowest BCUT2D eigenvalue weighted by molar-refractivity contribution is -0.166. The van der Waals surface area contributed by atoms with Crippen LogP contribution in [0.5, 0.6) is 0 Å². The Morgan fingerprint density at radius 3 is 0.986 bits per heavy atom. The lowest BCUT2D eigenvalue weighted by Crippen LogP contribution is -2.30. The van der Waals surface area contributed by atoms with Crippen LogP contribution in [-0.2, 0) is 28.6 Å². The molecule has 0 rings (SSSR count). The average molecular weight is 998 g/mol. The van der Waals surface area contributed by atoms with Crippen molar-refractivity contribution in [2.45, 2.75) is 264 Å². The van der Waals surface area contributed by atoms with Crippen LogP contribution in [0, 0.1) is 0 Å². The number of hydrogen-bond donors (Lipinski definition) is 0. The zero-order chi connectivity index (χ0) is 52.2. The standard InChI is InChI=1S/C66H108O6/c1-4-7-10-13-16-19-22-25-28-30-32-33-34-36-38-41-44-47-50-53-56-59-65(68)71-62-63(61-70-64(67)58-55-52-49-46-43-40-37-27-24-21-18-15-12-9-6-3)72-66(69)60-57-54-51-48-45-42-39-35-31-29-26-23-20-17-14-11-8-5-2/h7,9-10,12,16,18-19,21,25,27-29,31-33,37,43,46,52,55,63H,4-6,8,11,13-15,17,20,22-24,26,30,34-36,38-42,44-45,47-51,53-54,56-62H2,1-3H3/b10-7-,12-9-,19-16-,21-18-,28-25-,31-29-,33-32-,37-27-,46-43-,55-52-. The van der Waals surface area contributed by atoms with Gasteiger partial charge in [0.15, 0.2) is 6.10 Å². The van der Waals surface area contributed by atoms with Gasteiger partial charge in [0.1, 0.15) is 13.2 Å². The molecule has 1 atom stereocenters. The Hall–Kier alpha value is -4.19. The van der Waals surface area contributed by atoms with Crippen molar-refractivity contribution < 1.29 is 28.6 Å². The van der Waals surface area contributed by atoms with E-state index in [2.05, 4.69) is 130 Å². The highest BCUT2D eigenvalue weighted by Crippen LogP contribution is 2.15. The molecule has 6 heteroatoms. The van der Waals surface area contributed by atoms with Crippen LogP contribution >= 0.6 is 0 Å². The zero-order valence-corrected chi connectivity index (χ0v) is 46.7. The van der Waals surface area contributed by atoms with Crippen LogP contribution < -0.4 is 0 Å². The molecule has 0 bridgehead atoms. The minimum absolute atomic E-state index is 0.116. The molecule has 0 aromatic heterocycles. The summed E-state index contributed by atoms with van der Waals surface area (Å²) >= 11 is 0. The third-order valence-electron chi connectivity index (χ3n) is 12.2. The largest absolute Gasteiger partial charge is 0.462 e. The number of unbranched alkanes of at least 4 members (excludes halogenated alkanes) is 22. The van der Waals surface area contributed by atoms with Crippen LogP contribution in [0.4, 0.5) is 0 Å². The lowest BCUT2D eigenvalue weighted by Gasteiger charge is -2.18. The molecule has 72 heavy (non-hydrogen) atoms. The second-order valence-electron chi connectivity index (χ2n) is 19.2. The molecule has 0 amide bonds. The quantitative estimate of drug-likeness (QED) is 0.0261. The molecule has 0 aromatic carbocycles. The third kappa shape index (κ3) is 56.7. The number of hydrogen-bond acceptors (Lipinski definition) is 6. The van der Waals surface area contributed by atoms with Gasteiger partial charge in [0.05, 0.1) is 6.42 Å². The van der Waals surface area contributed by atoms with E-state index in [0.29, 0.717) is 12.8 Å². The van der Waals surface area contributed by atoms with E-state index < -0.39 is 12.1 Å². The Morgan fingerprint density at radius 2 is 0.597 bits per heavy atom. The number of allylic oxidation sites excluding steroid dienone is 19. The summed E-state index contributed by atoms with van der Waals surface area (Å²) in [5.41, 5.74) is 0. The molecule has 0 fully saturated rings. The summed E-state index contributed by atoms with van der Waals surface area (Å²) in [4.78, 5) is 38.2. The van der Waals surface area contributed by atoms with Crippen LogP contribution in [0.2, 0.25) is 0 Å². The molecule has 1 unspecified atom stereocenters. The summed E-state index contributed by atoms with van der Waals surface area (Å²) in [7, 11) is 0. The van der Waals surface area contributed by atoms with Gasteiger partial charge in [0, 0.05) is 12.8 Å². The van der Waals surface area contributed by atoms with Gasteiger partial charge in [-0.15, -0.1) is 0 Å².